The van der Waals surface area contributed by atoms with Crippen LogP contribution in [0.5, 0.6) is 5.75 Å². The number of nitrogens with one attached hydrogen (secondary N) is 4. The summed E-state index contributed by atoms with van der Waals surface area (Å²) in [5, 5.41) is 44.2. The van der Waals surface area contributed by atoms with Crippen molar-refractivity contribution < 1.29 is 67.0 Å². The summed E-state index contributed by atoms with van der Waals surface area (Å²) >= 11 is 0. The SMILES string of the molecule is CC(NC(=O)C(C)NC(=O)C(C)(C)CC(=O)O)C(=O)NC(Cc1ccccc1)C(=O)Nc1ccc2c(c1)COP(=O)(OCC1OC(n3cnc(C(N)=O)n3)C(O)C1O)O2. The Labute approximate surface area is 336 Å². The van der Waals surface area contributed by atoms with E-state index in [4.69, 9.17) is 29.1 Å². The number of aliphatic carboxylic acids is 1. The highest BCUT2D eigenvalue weighted by atomic mass is 31.2. The summed E-state index contributed by atoms with van der Waals surface area (Å²) in [5.41, 5.74) is 5.20. The predicted molar refractivity (Wildman–Crippen MR) is 202 cm³/mol. The quantitative estimate of drug-likeness (QED) is 0.0823. The van der Waals surface area contributed by atoms with Crippen molar-refractivity contribution in [1.29, 1.82) is 0 Å². The maximum atomic E-state index is 13.7. The fourth-order valence-corrected chi connectivity index (χ4v) is 7.11. The number of aliphatic hydroxyl groups excluding tert-OH is 2. The Hall–Kier alpha value is -5.77. The van der Waals surface area contributed by atoms with Gasteiger partial charge in [0.2, 0.25) is 29.5 Å². The number of nitrogens with two attached hydrogens (primary N) is 1. The summed E-state index contributed by atoms with van der Waals surface area (Å²) in [4.78, 5) is 78.6. The third-order valence-electron chi connectivity index (χ3n) is 9.26. The number of carboxylic acid groups (broad SMARTS) is 1. The molecule has 8 unspecified atom stereocenters. The van der Waals surface area contributed by atoms with Crippen LogP contribution in [0.25, 0.3) is 0 Å². The number of carbonyl (C=O) groups is 6. The van der Waals surface area contributed by atoms with Crippen molar-refractivity contribution in [3.05, 3.63) is 71.8 Å². The number of primary amides is 1. The lowest BCUT2D eigenvalue weighted by Gasteiger charge is -2.27. The first kappa shape index (κ1) is 44.3. The Balaban J connectivity index is 1.18. The minimum absolute atomic E-state index is 0.0618. The number of phosphoric ester groups is 1. The van der Waals surface area contributed by atoms with Gasteiger partial charge in [0.25, 0.3) is 5.91 Å². The van der Waals surface area contributed by atoms with Crippen LogP contribution in [0.4, 0.5) is 5.69 Å². The highest BCUT2D eigenvalue weighted by molar-refractivity contribution is 7.49. The molecule has 1 fully saturated rings. The molecule has 1 saturated heterocycles. The minimum Gasteiger partial charge on any atom is -0.481 e. The number of nitrogens with zero attached hydrogens (tertiary/aromatic N) is 3. The molecule has 2 aromatic carbocycles. The number of aliphatic hydroxyl groups is 2. The van der Waals surface area contributed by atoms with E-state index in [1.54, 1.807) is 30.3 Å². The lowest BCUT2D eigenvalue weighted by Crippen LogP contribution is -2.55. The van der Waals surface area contributed by atoms with Crippen molar-refractivity contribution in [3.63, 3.8) is 0 Å². The van der Waals surface area contributed by atoms with Gasteiger partial charge in [0, 0.05) is 17.7 Å². The Morgan fingerprint density at radius 2 is 1.66 bits per heavy atom. The number of aromatic nitrogens is 3. The van der Waals surface area contributed by atoms with E-state index < -0.39 is 104 Å². The van der Waals surface area contributed by atoms with Gasteiger partial charge in [-0.15, -0.1) is 5.10 Å². The van der Waals surface area contributed by atoms with Crippen LogP contribution in [0.15, 0.2) is 54.9 Å². The third kappa shape index (κ3) is 11.2. The third-order valence-corrected chi connectivity index (χ3v) is 10.6. The lowest BCUT2D eigenvalue weighted by molar-refractivity contribution is -0.144. The van der Waals surface area contributed by atoms with Crippen LogP contribution in [0.1, 0.15) is 62.1 Å². The average molecular weight is 845 g/mol. The normalized spacial score (nSPS) is 22.7. The first-order valence-corrected chi connectivity index (χ1v) is 19.6. The van der Waals surface area contributed by atoms with Gasteiger partial charge in [-0.25, -0.2) is 14.2 Å². The minimum atomic E-state index is -4.28. The molecule has 3 heterocycles. The van der Waals surface area contributed by atoms with Gasteiger partial charge in [-0.05, 0) is 37.6 Å². The zero-order chi connectivity index (χ0) is 43.2. The largest absolute Gasteiger partial charge is 0.530 e. The van der Waals surface area contributed by atoms with Gasteiger partial charge in [-0.3, -0.25) is 37.8 Å². The summed E-state index contributed by atoms with van der Waals surface area (Å²) in [5.74, 6) is -5.06. The van der Waals surface area contributed by atoms with Gasteiger partial charge in [0.05, 0.1) is 25.0 Å². The van der Waals surface area contributed by atoms with Gasteiger partial charge < -0.3 is 51.6 Å². The highest BCUT2D eigenvalue weighted by Gasteiger charge is 2.46. The van der Waals surface area contributed by atoms with E-state index >= 15 is 0 Å². The lowest BCUT2D eigenvalue weighted by atomic mass is 9.88. The number of fused-ring (bicyclic) bond motifs is 1. The molecule has 0 radical (unpaired) electrons. The average Bonchev–Trinajstić information content (AvgIpc) is 3.78. The number of carboxylic acids is 1. The van der Waals surface area contributed by atoms with E-state index in [2.05, 4.69) is 31.3 Å². The van der Waals surface area contributed by atoms with E-state index in [0.717, 1.165) is 11.0 Å². The Morgan fingerprint density at radius 3 is 2.32 bits per heavy atom. The molecule has 2 aliphatic heterocycles. The molecule has 22 nitrogen and oxygen atoms in total. The maximum Gasteiger partial charge on any atom is 0.530 e. The number of hydrogen-bond donors (Lipinski definition) is 8. The number of benzene rings is 2. The number of amides is 5. The fraction of sp³-hybridized carbons (Fsp3) is 0.444. The zero-order valence-electron chi connectivity index (χ0n) is 32.3. The molecule has 5 rings (SSSR count). The molecule has 8 atom stereocenters. The maximum absolute atomic E-state index is 13.7. The van der Waals surface area contributed by atoms with E-state index in [1.807, 2.05) is 0 Å². The van der Waals surface area contributed by atoms with E-state index in [9.17, 15) is 43.5 Å². The second-order valence-corrected chi connectivity index (χ2v) is 16.1. The van der Waals surface area contributed by atoms with Crippen LogP contribution in [0.2, 0.25) is 0 Å². The van der Waals surface area contributed by atoms with E-state index in [-0.39, 0.29) is 30.3 Å². The number of phosphoric acid groups is 1. The van der Waals surface area contributed by atoms with Crippen LogP contribution < -0.4 is 31.5 Å². The zero-order valence-corrected chi connectivity index (χ0v) is 33.2. The Bertz CT molecular complexity index is 2120. The van der Waals surface area contributed by atoms with Gasteiger partial charge in [-0.1, -0.05) is 44.2 Å². The molecule has 0 aliphatic carbocycles. The number of ether oxygens (including phenoxy) is 1. The number of carbonyl (C=O) groups excluding carboxylic acids is 5. The fourth-order valence-electron chi connectivity index (χ4n) is 5.88. The second kappa shape index (κ2) is 18.4. The molecule has 59 heavy (non-hydrogen) atoms. The van der Waals surface area contributed by atoms with E-state index in [0.29, 0.717) is 11.1 Å². The molecule has 23 heteroatoms. The van der Waals surface area contributed by atoms with Gasteiger partial charge in [0.15, 0.2) is 6.23 Å². The van der Waals surface area contributed by atoms with Gasteiger partial charge in [-0.2, -0.15) is 0 Å². The summed E-state index contributed by atoms with van der Waals surface area (Å²) in [6, 6.07) is 9.79. The van der Waals surface area contributed by atoms with Crippen LogP contribution in [0.3, 0.4) is 0 Å². The summed E-state index contributed by atoms with van der Waals surface area (Å²) < 4.78 is 36.3. The van der Waals surface area contributed by atoms with Crippen molar-refractivity contribution in [3.8, 4) is 5.75 Å². The highest BCUT2D eigenvalue weighted by Crippen LogP contribution is 2.55. The van der Waals surface area contributed by atoms with E-state index in [1.165, 1.54) is 45.9 Å². The molecule has 9 N–H and O–H groups in total. The molecule has 0 bridgehead atoms. The smallest absolute Gasteiger partial charge is 0.481 e. The molecule has 1 aromatic heterocycles. The topological polar surface area (TPSA) is 322 Å². The predicted octanol–water partition coefficient (Wildman–Crippen LogP) is -0.0936. The number of anilines is 1. The van der Waals surface area contributed by atoms with Crippen molar-refractivity contribution in [1.82, 2.24) is 30.7 Å². The second-order valence-electron chi connectivity index (χ2n) is 14.5. The molecular formula is C36H45N8O14P. The van der Waals surface area contributed by atoms with Crippen LogP contribution in [-0.2, 0) is 55.3 Å². The monoisotopic (exact) mass is 844 g/mol. The molecule has 0 spiro atoms. The van der Waals surface area contributed by atoms with Crippen LogP contribution in [0, 0.1) is 5.41 Å². The van der Waals surface area contributed by atoms with Gasteiger partial charge in [0.1, 0.15) is 48.5 Å². The number of hydrogen-bond acceptors (Lipinski definition) is 15. The molecule has 2 aliphatic rings. The molecule has 318 valence electrons. The molecule has 3 aromatic rings. The Kier molecular flexibility index (Phi) is 13.9. The van der Waals surface area contributed by atoms with Gasteiger partial charge >= 0.3 is 13.8 Å². The standard InChI is InChI=1S/C36H45N8O14P/c1-18(39-31(50)19(2)40-35(53)36(3,4)14-26(45)46)32(51)42-23(12-20-8-6-5-7-9-20)33(52)41-22-10-11-24-21(13-22)15-55-59(54,58-24)56-16-25-27(47)28(48)34(57-25)44-17-38-30(43-44)29(37)49/h5-11,13,17-19,23,25,27-28,34,47-48H,12,14-16H2,1-4H3,(H2,37,49)(H,39,50)(H,40,53)(H,41,52)(H,42,51)(H,45,46). The first-order valence-electron chi connectivity index (χ1n) is 18.2. The summed E-state index contributed by atoms with van der Waals surface area (Å²) in [6.07, 6.45) is -4.86. The number of rotatable bonds is 17. The molecule has 5 amide bonds. The molecular weight excluding hydrogens is 799 g/mol. The first-order chi connectivity index (χ1) is 27.7. The van der Waals surface area contributed by atoms with Crippen molar-refractivity contribution in [2.45, 2.75) is 89.8 Å². The van der Waals surface area contributed by atoms with Crippen LogP contribution >= 0.6 is 7.82 Å². The van der Waals surface area contributed by atoms with Crippen molar-refractivity contribution in [2.75, 3.05) is 11.9 Å². The van der Waals surface area contributed by atoms with Crippen molar-refractivity contribution in [2.24, 2.45) is 11.1 Å². The Morgan fingerprint density at radius 1 is 0.983 bits per heavy atom. The summed E-state index contributed by atoms with van der Waals surface area (Å²) in [6.45, 7) is 4.78. The molecule has 0 saturated carbocycles. The van der Waals surface area contributed by atoms with Crippen LogP contribution in [-0.4, -0.2) is 109 Å². The summed E-state index contributed by atoms with van der Waals surface area (Å²) in [7, 11) is -4.28. The van der Waals surface area contributed by atoms with Crippen molar-refractivity contribution >= 4 is 49.0 Å².